The fraction of sp³-hybridized carbons (Fsp3) is 0.250. The Bertz CT molecular complexity index is 500. The first-order chi connectivity index (χ1) is 9.40. The molecule has 0 saturated heterocycles. The highest BCUT2D eigenvalue weighted by Crippen LogP contribution is 2.16. The summed E-state index contributed by atoms with van der Waals surface area (Å²) < 4.78 is 0. The van der Waals surface area contributed by atoms with Crippen molar-refractivity contribution in [1.29, 1.82) is 0 Å². The Morgan fingerprint density at radius 3 is 2.25 bits per heavy atom. The zero-order valence-electron chi connectivity index (χ0n) is 10.8. The average Bonchev–Trinajstić information content (AvgIpc) is 2.42. The molecule has 108 valence electrons. The topological polar surface area (TPSA) is 119 Å². The quantitative estimate of drug-likeness (QED) is 0.593. The van der Waals surface area contributed by atoms with E-state index in [1.165, 1.54) is 24.1 Å². The van der Waals surface area contributed by atoms with Gasteiger partial charge in [-0.1, -0.05) is 0 Å². The van der Waals surface area contributed by atoms with Crippen molar-refractivity contribution in [2.75, 3.05) is 25.0 Å². The summed E-state index contributed by atoms with van der Waals surface area (Å²) >= 11 is 0. The molecule has 0 saturated carbocycles. The van der Waals surface area contributed by atoms with E-state index in [0.717, 1.165) is 0 Å². The summed E-state index contributed by atoms with van der Waals surface area (Å²) in [5, 5.41) is 22.0. The Hall–Kier alpha value is -2.77. The molecule has 0 fully saturated rings. The summed E-state index contributed by atoms with van der Waals surface area (Å²) in [6.07, 6.45) is 0. The number of hydrogen-bond acceptors (Lipinski definition) is 4. The van der Waals surface area contributed by atoms with Gasteiger partial charge in [0, 0.05) is 12.7 Å². The molecule has 20 heavy (non-hydrogen) atoms. The van der Waals surface area contributed by atoms with Crippen LogP contribution in [0.4, 0.5) is 10.5 Å². The molecule has 0 spiro atoms. The molecule has 0 unspecified atom stereocenters. The second-order valence-corrected chi connectivity index (χ2v) is 3.90. The molecule has 0 radical (unpaired) electrons. The number of carbonyl (C=O) groups is 3. The number of nitrogens with zero attached hydrogens (tertiary/aromatic N) is 1. The molecule has 0 aliphatic heterocycles. The number of amides is 3. The molecular weight excluding hydrogens is 266 g/mol. The molecular formula is C12H15N3O5. The van der Waals surface area contributed by atoms with Crippen molar-refractivity contribution < 1.29 is 24.6 Å². The van der Waals surface area contributed by atoms with Gasteiger partial charge >= 0.3 is 12.0 Å². The number of hydrogen-bond donors (Lipinski definition) is 4. The molecule has 0 bridgehead atoms. The maximum absolute atomic E-state index is 11.7. The van der Waals surface area contributed by atoms with Crippen molar-refractivity contribution in [3.05, 3.63) is 24.3 Å². The average molecular weight is 281 g/mol. The molecule has 1 aromatic carbocycles. The second kappa shape index (κ2) is 6.98. The van der Waals surface area contributed by atoms with E-state index in [2.05, 4.69) is 10.6 Å². The number of urea groups is 1. The molecule has 0 aliphatic rings. The minimum absolute atomic E-state index is 0.0793. The highest BCUT2D eigenvalue weighted by molar-refractivity contribution is 5.94. The van der Waals surface area contributed by atoms with Crippen molar-refractivity contribution in [2.24, 2.45) is 0 Å². The predicted octanol–water partition coefficient (Wildman–Crippen LogP) is -0.261. The van der Waals surface area contributed by atoms with E-state index >= 15 is 0 Å². The third-order valence-corrected chi connectivity index (χ3v) is 2.38. The predicted molar refractivity (Wildman–Crippen MR) is 70.6 cm³/mol. The van der Waals surface area contributed by atoms with Crippen LogP contribution in [0.25, 0.3) is 0 Å². The number of nitrogens with one attached hydrogen (secondary N) is 2. The van der Waals surface area contributed by atoms with Crippen molar-refractivity contribution in [3.8, 4) is 5.75 Å². The standard InChI is InChI=1S/C12H15N3O5/c1-15(8-2-4-9(16)5-3-8)12(20)14-6-10(17)13-7-11(18)19/h2-5,16H,6-7H2,1H3,(H,13,17)(H,14,20)(H,18,19). The fourth-order valence-electron chi connectivity index (χ4n) is 1.30. The van der Waals surface area contributed by atoms with Crippen LogP contribution in [-0.4, -0.2) is 48.3 Å². The van der Waals surface area contributed by atoms with Crippen LogP contribution in [0.2, 0.25) is 0 Å². The van der Waals surface area contributed by atoms with Crippen LogP contribution in [0.1, 0.15) is 0 Å². The Morgan fingerprint density at radius 2 is 1.70 bits per heavy atom. The fourth-order valence-corrected chi connectivity index (χ4v) is 1.30. The largest absolute Gasteiger partial charge is 0.508 e. The van der Waals surface area contributed by atoms with Crippen LogP contribution in [0, 0.1) is 0 Å². The Balaban J connectivity index is 2.44. The summed E-state index contributed by atoms with van der Waals surface area (Å²) in [7, 11) is 1.50. The monoisotopic (exact) mass is 281 g/mol. The van der Waals surface area contributed by atoms with E-state index in [1.807, 2.05) is 0 Å². The highest BCUT2D eigenvalue weighted by Gasteiger charge is 2.12. The Labute approximate surface area is 115 Å². The van der Waals surface area contributed by atoms with Gasteiger partial charge < -0.3 is 20.8 Å². The lowest BCUT2D eigenvalue weighted by molar-refractivity contribution is -0.137. The van der Waals surface area contributed by atoms with Gasteiger partial charge in [-0.2, -0.15) is 0 Å². The minimum Gasteiger partial charge on any atom is -0.508 e. The summed E-state index contributed by atoms with van der Waals surface area (Å²) in [4.78, 5) is 34.4. The number of aliphatic carboxylic acids is 1. The highest BCUT2D eigenvalue weighted by atomic mass is 16.4. The van der Waals surface area contributed by atoms with Crippen molar-refractivity contribution in [3.63, 3.8) is 0 Å². The van der Waals surface area contributed by atoms with Crippen LogP contribution in [-0.2, 0) is 9.59 Å². The van der Waals surface area contributed by atoms with Crippen molar-refractivity contribution in [2.45, 2.75) is 0 Å². The number of carboxylic acids is 1. The van der Waals surface area contributed by atoms with Gasteiger partial charge in [-0.25, -0.2) is 4.79 Å². The Morgan fingerprint density at radius 1 is 1.10 bits per heavy atom. The first kappa shape index (κ1) is 15.3. The zero-order valence-corrected chi connectivity index (χ0v) is 10.8. The van der Waals surface area contributed by atoms with Gasteiger partial charge in [0.25, 0.3) is 0 Å². The molecule has 1 aromatic rings. The summed E-state index contributed by atoms with van der Waals surface area (Å²) in [6, 6.07) is 5.41. The molecule has 0 aliphatic carbocycles. The second-order valence-electron chi connectivity index (χ2n) is 3.90. The SMILES string of the molecule is CN(C(=O)NCC(=O)NCC(=O)O)c1ccc(O)cc1. The number of phenolic OH excluding ortho intramolecular Hbond substituents is 1. The van der Waals surface area contributed by atoms with Crippen molar-refractivity contribution >= 4 is 23.6 Å². The molecule has 0 atom stereocenters. The van der Waals surface area contributed by atoms with Crippen LogP contribution in [0.3, 0.4) is 0 Å². The van der Waals surface area contributed by atoms with E-state index < -0.39 is 24.5 Å². The van der Waals surface area contributed by atoms with Gasteiger partial charge in [-0.05, 0) is 24.3 Å². The first-order valence-electron chi connectivity index (χ1n) is 5.69. The zero-order chi connectivity index (χ0) is 15.1. The van der Waals surface area contributed by atoms with Gasteiger partial charge in [0.1, 0.15) is 12.3 Å². The smallest absolute Gasteiger partial charge is 0.322 e. The molecule has 0 heterocycles. The third kappa shape index (κ3) is 4.84. The summed E-state index contributed by atoms with van der Waals surface area (Å²) in [6.45, 7) is -0.822. The maximum atomic E-state index is 11.7. The third-order valence-electron chi connectivity index (χ3n) is 2.38. The van der Waals surface area contributed by atoms with Crippen molar-refractivity contribution in [1.82, 2.24) is 10.6 Å². The van der Waals surface area contributed by atoms with Gasteiger partial charge in [-0.3, -0.25) is 14.5 Å². The maximum Gasteiger partial charge on any atom is 0.322 e. The van der Waals surface area contributed by atoms with Crippen LogP contribution >= 0.6 is 0 Å². The number of benzene rings is 1. The number of carboxylic acid groups (broad SMARTS) is 1. The molecule has 3 amide bonds. The van der Waals surface area contributed by atoms with Gasteiger partial charge in [0.15, 0.2) is 0 Å². The lowest BCUT2D eigenvalue weighted by Crippen LogP contribution is -2.43. The lowest BCUT2D eigenvalue weighted by Gasteiger charge is -2.17. The van der Waals surface area contributed by atoms with Gasteiger partial charge in [-0.15, -0.1) is 0 Å². The summed E-state index contributed by atoms with van der Waals surface area (Å²) in [5.74, 6) is -1.68. The number of phenols is 1. The van der Waals surface area contributed by atoms with Gasteiger partial charge in [0.05, 0.1) is 6.54 Å². The molecule has 8 nitrogen and oxygen atoms in total. The van der Waals surface area contributed by atoms with Crippen LogP contribution in [0.5, 0.6) is 5.75 Å². The van der Waals surface area contributed by atoms with E-state index in [0.29, 0.717) is 5.69 Å². The number of aromatic hydroxyl groups is 1. The first-order valence-corrected chi connectivity index (χ1v) is 5.69. The van der Waals surface area contributed by atoms with E-state index in [-0.39, 0.29) is 12.3 Å². The molecule has 1 rings (SSSR count). The molecule has 0 aromatic heterocycles. The Kier molecular flexibility index (Phi) is 5.33. The number of anilines is 1. The van der Waals surface area contributed by atoms with Crippen LogP contribution < -0.4 is 15.5 Å². The van der Waals surface area contributed by atoms with E-state index in [9.17, 15) is 14.4 Å². The minimum atomic E-state index is -1.16. The summed E-state index contributed by atoms with van der Waals surface area (Å²) in [5.41, 5.74) is 0.534. The number of rotatable bonds is 5. The molecule has 8 heteroatoms. The normalized spacial score (nSPS) is 9.65. The van der Waals surface area contributed by atoms with E-state index in [4.69, 9.17) is 10.2 Å². The van der Waals surface area contributed by atoms with Crippen LogP contribution in [0.15, 0.2) is 24.3 Å². The number of carbonyl (C=O) groups excluding carboxylic acids is 2. The van der Waals surface area contributed by atoms with Gasteiger partial charge in [0.2, 0.25) is 5.91 Å². The lowest BCUT2D eigenvalue weighted by atomic mass is 10.3. The van der Waals surface area contributed by atoms with E-state index in [1.54, 1.807) is 12.1 Å². The molecule has 4 N–H and O–H groups in total.